The van der Waals surface area contributed by atoms with Crippen LogP contribution in [0.1, 0.15) is 0 Å². The van der Waals surface area contributed by atoms with Crippen molar-refractivity contribution in [1.82, 2.24) is 0 Å². The fourth-order valence-corrected chi connectivity index (χ4v) is 0.219. The van der Waals surface area contributed by atoms with Crippen molar-refractivity contribution >= 4 is 10.1 Å². The molecule has 0 rings (SSSR count). The van der Waals surface area contributed by atoms with Crippen molar-refractivity contribution < 1.29 is 12.6 Å². The minimum absolute atomic E-state index is 0.928. The van der Waals surface area contributed by atoms with Gasteiger partial charge >= 0.3 is 16.4 Å². The van der Waals surface area contributed by atoms with Crippen molar-refractivity contribution in [2.75, 3.05) is 0 Å². The van der Waals surface area contributed by atoms with Crippen molar-refractivity contribution in [3.8, 4) is 17.9 Å². The van der Waals surface area contributed by atoms with Gasteiger partial charge in [-0.1, -0.05) is 6.42 Å². The number of terminal acetylenes is 1. The van der Waals surface area contributed by atoms with Crippen LogP contribution in [0.15, 0.2) is 0 Å². The summed E-state index contributed by atoms with van der Waals surface area (Å²) in [6.45, 7) is 0. The smallest absolute Gasteiger partial charge is 0.293 e. The third-order valence-corrected chi connectivity index (χ3v) is 0.874. The van der Waals surface area contributed by atoms with E-state index in [-0.39, 0.29) is 0 Å². The van der Waals surface area contributed by atoms with E-state index in [2.05, 4.69) is 10.6 Å². The lowest BCUT2D eigenvalue weighted by atomic mass is 11.4. The quantitative estimate of drug-likeness (QED) is 0.271. The van der Waals surface area contributed by atoms with Gasteiger partial charge in [-0.25, -0.2) is 0 Å². The van der Waals surface area contributed by atoms with E-state index in [1.165, 1.54) is 5.25 Å². The lowest BCUT2D eigenvalue weighted by molar-refractivity contribution is 0.471. The van der Waals surface area contributed by atoms with E-state index in [1.807, 2.05) is 0 Å². The van der Waals surface area contributed by atoms with Gasteiger partial charge in [0.05, 0.1) is 5.25 Å². The molecule has 0 unspecified atom stereocenters. The second kappa shape index (κ2) is 2.20. The lowest BCUT2D eigenvalue weighted by Crippen LogP contribution is -1.94. The van der Waals surface area contributed by atoms with Crippen LogP contribution in [0.25, 0.3) is 0 Å². The second-order valence-corrected chi connectivity index (χ2v) is 2.06. The Morgan fingerprint density at radius 2 is 2.12 bits per heavy atom. The van der Waals surface area contributed by atoms with Gasteiger partial charge in [-0.05, 0) is 0 Å². The van der Waals surface area contributed by atoms with E-state index in [0.29, 0.717) is 0 Å². The summed E-state index contributed by atoms with van der Waals surface area (Å²) in [4.78, 5) is 0. The van der Waals surface area contributed by atoms with E-state index < -0.39 is 10.1 Å². The van der Waals surface area contributed by atoms with Crippen LogP contribution in [0.3, 0.4) is 0 Å². The molecule has 0 aliphatic heterocycles. The standard InChI is InChI=1S/C3HNO3S/c1-2-8(5,6)7-3-4/h1H. The van der Waals surface area contributed by atoms with E-state index >= 15 is 0 Å². The SMILES string of the molecule is C#CS(=O)(=O)OC#N. The van der Waals surface area contributed by atoms with Gasteiger partial charge in [0.15, 0.2) is 0 Å². The van der Waals surface area contributed by atoms with Gasteiger partial charge in [-0.3, -0.25) is 4.18 Å². The summed E-state index contributed by atoms with van der Waals surface area (Å²) in [5.41, 5.74) is 0. The minimum Gasteiger partial charge on any atom is -0.293 e. The molecule has 4 nitrogen and oxygen atoms in total. The number of hydrogen-bond acceptors (Lipinski definition) is 4. The van der Waals surface area contributed by atoms with E-state index in [4.69, 9.17) is 5.26 Å². The Labute approximate surface area is 46.8 Å². The number of nitrogens with zero attached hydrogens (tertiary/aromatic N) is 1. The molecule has 0 saturated heterocycles. The van der Waals surface area contributed by atoms with Gasteiger partial charge in [0.1, 0.15) is 0 Å². The summed E-state index contributed by atoms with van der Waals surface area (Å²) in [5.74, 6) is 0. The fourth-order valence-electron chi connectivity index (χ4n) is 0.0731. The highest BCUT2D eigenvalue weighted by Crippen LogP contribution is 1.84. The molecule has 0 amide bonds. The van der Waals surface area contributed by atoms with Crippen molar-refractivity contribution in [1.29, 1.82) is 5.26 Å². The zero-order valence-electron chi connectivity index (χ0n) is 3.66. The molecule has 0 aromatic rings. The molecule has 0 aromatic heterocycles. The van der Waals surface area contributed by atoms with E-state index in [9.17, 15) is 8.42 Å². The predicted molar refractivity (Wildman–Crippen MR) is 24.5 cm³/mol. The van der Waals surface area contributed by atoms with Crippen molar-refractivity contribution in [2.24, 2.45) is 0 Å². The topological polar surface area (TPSA) is 67.2 Å². The molecule has 0 saturated carbocycles. The molecule has 0 heterocycles. The molecule has 5 heteroatoms. The molecular formula is C3HNO3S. The van der Waals surface area contributed by atoms with Crippen molar-refractivity contribution in [3.63, 3.8) is 0 Å². The lowest BCUT2D eigenvalue weighted by Gasteiger charge is -1.81. The highest BCUT2D eigenvalue weighted by Gasteiger charge is 2.01. The molecule has 0 spiro atoms. The Bertz CT molecular complexity index is 239. The first-order valence-corrected chi connectivity index (χ1v) is 2.83. The van der Waals surface area contributed by atoms with Crippen LogP contribution in [-0.4, -0.2) is 8.42 Å². The highest BCUT2D eigenvalue weighted by molar-refractivity contribution is 7.91. The second-order valence-electron chi connectivity index (χ2n) is 0.747. The molecule has 0 atom stereocenters. The summed E-state index contributed by atoms with van der Waals surface area (Å²) in [6.07, 6.45) is 5.31. The first-order valence-electron chi connectivity index (χ1n) is 1.42. The molecule has 0 fully saturated rings. The first-order chi connectivity index (χ1) is 3.62. The first kappa shape index (κ1) is 6.80. The molecule has 0 N–H and O–H groups in total. The van der Waals surface area contributed by atoms with Crippen LogP contribution in [0.5, 0.6) is 0 Å². The zero-order chi connectivity index (χ0) is 6.62. The van der Waals surface area contributed by atoms with Gasteiger partial charge in [0.25, 0.3) is 0 Å². The van der Waals surface area contributed by atoms with Crippen molar-refractivity contribution in [3.05, 3.63) is 0 Å². The maximum atomic E-state index is 9.92. The predicted octanol–water partition coefficient (Wildman–Crippen LogP) is -0.595. The summed E-state index contributed by atoms with van der Waals surface area (Å²) >= 11 is 0. The summed E-state index contributed by atoms with van der Waals surface area (Å²) in [7, 11) is -4.00. The number of hydrogen-bond donors (Lipinski definition) is 0. The maximum Gasteiger partial charge on any atom is 0.391 e. The Morgan fingerprint density at radius 1 is 1.62 bits per heavy atom. The van der Waals surface area contributed by atoms with Crippen LogP contribution in [0.4, 0.5) is 0 Å². The Morgan fingerprint density at radius 3 is 2.25 bits per heavy atom. The normalized spacial score (nSPS) is 8.75. The van der Waals surface area contributed by atoms with E-state index in [0.717, 1.165) is 6.26 Å². The van der Waals surface area contributed by atoms with Gasteiger partial charge in [0, 0.05) is 0 Å². The van der Waals surface area contributed by atoms with Crippen LogP contribution in [0, 0.1) is 23.2 Å². The Kier molecular flexibility index (Phi) is 1.87. The zero-order valence-corrected chi connectivity index (χ0v) is 4.47. The third-order valence-electron chi connectivity index (χ3n) is 0.291. The molecule has 0 bridgehead atoms. The Balaban J connectivity index is 4.31. The summed E-state index contributed by atoms with van der Waals surface area (Å²) < 4.78 is 23.3. The van der Waals surface area contributed by atoms with Crippen LogP contribution in [0.2, 0.25) is 0 Å². The summed E-state index contributed by atoms with van der Waals surface area (Å²) in [6, 6.07) is 0. The fraction of sp³-hybridized carbons (Fsp3) is 0. The average Bonchev–Trinajstić information content (AvgIpc) is 1.67. The van der Waals surface area contributed by atoms with Gasteiger partial charge < -0.3 is 0 Å². The van der Waals surface area contributed by atoms with Gasteiger partial charge in [-0.15, -0.1) is 5.26 Å². The van der Waals surface area contributed by atoms with Crippen LogP contribution in [-0.2, 0) is 14.3 Å². The van der Waals surface area contributed by atoms with Crippen molar-refractivity contribution in [2.45, 2.75) is 0 Å². The monoisotopic (exact) mass is 131 g/mol. The van der Waals surface area contributed by atoms with Crippen LogP contribution < -0.4 is 0 Å². The van der Waals surface area contributed by atoms with Gasteiger partial charge in [0.2, 0.25) is 0 Å². The largest absolute Gasteiger partial charge is 0.391 e. The highest BCUT2D eigenvalue weighted by atomic mass is 32.2. The molecule has 8 heavy (non-hydrogen) atoms. The molecule has 0 radical (unpaired) electrons. The third kappa shape index (κ3) is 2.06. The molecule has 0 aromatic carbocycles. The maximum absolute atomic E-state index is 9.92. The molecule has 0 aliphatic carbocycles. The average molecular weight is 131 g/mol. The van der Waals surface area contributed by atoms with Gasteiger partial charge in [-0.2, -0.15) is 8.42 Å². The molecule has 42 valence electrons. The number of rotatable bonds is 1. The van der Waals surface area contributed by atoms with E-state index in [1.54, 1.807) is 0 Å². The molecule has 0 aliphatic rings. The Hall–Kier alpha value is -1.20. The molecular weight excluding hydrogens is 130 g/mol. The van der Waals surface area contributed by atoms with Crippen LogP contribution >= 0.6 is 0 Å². The summed E-state index contributed by atoms with van der Waals surface area (Å²) in [5, 5.41) is 8.86. The minimum atomic E-state index is -4.00. The number of nitriles is 1.